The lowest BCUT2D eigenvalue weighted by molar-refractivity contribution is -0.157. The van der Waals surface area contributed by atoms with Crippen LogP contribution in [0, 0.1) is 5.92 Å². The summed E-state index contributed by atoms with van der Waals surface area (Å²) < 4.78 is 11.6. The summed E-state index contributed by atoms with van der Waals surface area (Å²) in [6.07, 6.45) is 3.23. The first-order valence-electron chi connectivity index (χ1n) is 9.78. The minimum atomic E-state index is -0.583. The number of allylic oxidation sites excluding steroid dienone is 1. The minimum Gasteiger partial charge on any atom is -0.388 e. The van der Waals surface area contributed by atoms with Gasteiger partial charge in [0, 0.05) is 29.6 Å². The van der Waals surface area contributed by atoms with Gasteiger partial charge in [0.15, 0.2) is 12.1 Å². The molecule has 3 unspecified atom stereocenters. The molecule has 5 heteroatoms. The highest BCUT2D eigenvalue weighted by Crippen LogP contribution is 2.48. The number of hydrogen-bond donors (Lipinski definition) is 1. The highest BCUT2D eigenvalue weighted by Gasteiger charge is 2.40. The number of hydrogen-bond acceptors (Lipinski definition) is 5. The van der Waals surface area contributed by atoms with E-state index in [1.54, 1.807) is 0 Å². The Kier molecular flexibility index (Phi) is 4.31. The molecule has 1 aliphatic heterocycles. The van der Waals surface area contributed by atoms with E-state index in [2.05, 4.69) is 0 Å². The fourth-order valence-corrected chi connectivity index (χ4v) is 4.56. The molecule has 3 aliphatic rings. The second-order valence-electron chi connectivity index (χ2n) is 7.69. The molecule has 2 aliphatic carbocycles. The van der Waals surface area contributed by atoms with Crippen molar-refractivity contribution in [2.24, 2.45) is 5.92 Å². The molecule has 27 heavy (non-hydrogen) atoms. The molecule has 0 bridgehead atoms. The van der Waals surface area contributed by atoms with E-state index in [1.807, 2.05) is 30.3 Å². The number of nitrogens with zero attached hydrogens (tertiary/aromatic N) is 1. The zero-order chi connectivity index (χ0) is 18.4. The zero-order valence-electron chi connectivity index (χ0n) is 15.2. The number of rotatable bonds is 3. The Morgan fingerprint density at radius 1 is 1.26 bits per heavy atom. The topological polar surface area (TPSA) is 68.7 Å². The van der Waals surface area contributed by atoms with Crippen LogP contribution in [0.3, 0.4) is 0 Å². The van der Waals surface area contributed by atoms with E-state index in [4.69, 9.17) is 14.5 Å². The number of carbonyl (C=O) groups is 1. The first-order valence-corrected chi connectivity index (χ1v) is 9.78. The minimum absolute atomic E-state index is 0.0273. The van der Waals surface area contributed by atoms with Crippen LogP contribution in [0.5, 0.6) is 0 Å². The predicted octanol–water partition coefficient (Wildman–Crippen LogP) is 3.56. The summed E-state index contributed by atoms with van der Waals surface area (Å²) in [5.41, 5.74) is 4.16. The number of aromatic nitrogens is 1. The third-order valence-corrected chi connectivity index (χ3v) is 5.93. The molecule has 1 saturated heterocycles. The summed E-state index contributed by atoms with van der Waals surface area (Å²) >= 11 is 0. The van der Waals surface area contributed by atoms with Gasteiger partial charge in [0.2, 0.25) is 0 Å². The molecule has 0 spiro atoms. The molecule has 3 atom stereocenters. The molecule has 0 saturated carbocycles. The molecular formula is C22H23NO4. The van der Waals surface area contributed by atoms with Crippen molar-refractivity contribution < 1.29 is 19.4 Å². The van der Waals surface area contributed by atoms with Gasteiger partial charge in [0.1, 0.15) is 0 Å². The molecule has 0 radical (unpaired) electrons. The number of aliphatic hydroxyl groups is 1. The van der Waals surface area contributed by atoms with Crippen LogP contribution in [0.2, 0.25) is 0 Å². The monoisotopic (exact) mass is 365 g/mol. The van der Waals surface area contributed by atoms with Gasteiger partial charge in [-0.3, -0.25) is 4.79 Å². The largest absolute Gasteiger partial charge is 0.388 e. The molecule has 5 rings (SSSR count). The van der Waals surface area contributed by atoms with Crippen LogP contribution >= 0.6 is 0 Å². The van der Waals surface area contributed by atoms with Gasteiger partial charge in [-0.15, -0.1) is 0 Å². The fraction of sp³-hybridized carbons (Fsp3) is 0.455. The predicted molar refractivity (Wildman–Crippen MR) is 101 cm³/mol. The molecule has 1 aromatic carbocycles. The first-order chi connectivity index (χ1) is 13.2. The van der Waals surface area contributed by atoms with E-state index in [9.17, 15) is 9.90 Å². The number of aliphatic hydroxyl groups excluding tert-OH is 1. The van der Waals surface area contributed by atoms with Crippen molar-refractivity contribution in [3.8, 4) is 0 Å². The lowest BCUT2D eigenvalue weighted by Gasteiger charge is -2.28. The van der Waals surface area contributed by atoms with Gasteiger partial charge in [-0.1, -0.05) is 18.2 Å². The number of benzene rings is 1. The lowest BCUT2D eigenvalue weighted by atomic mass is 9.81. The fourth-order valence-electron chi connectivity index (χ4n) is 4.56. The van der Waals surface area contributed by atoms with Gasteiger partial charge >= 0.3 is 0 Å². The molecule has 2 heterocycles. The van der Waals surface area contributed by atoms with Gasteiger partial charge in [-0.2, -0.15) is 0 Å². The second-order valence-corrected chi connectivity index (χ2v) is 7.69. The summed E-state index contributed by atoms with van der Waals surface area (Å²) in [4.78, 5) is 17.5. The van der Waals surface area contributed by atoms with E-state index in [1.165, 1.54) is 0 Å². The van der Waals surface area contributed by atoms with E-state index in [0.29, 0.717) is 18.4 Å². The molecule has 1 N–H and O–H groups in total. The Labute approximate surface area is 158 Å². The average Bonchev–Trinajstić information content (AvgIpc) is 3.01. The zero-order valence-corrected chi connectivity index (χ0v) is 15.2. The number of para-hydroxylation sites is 1. The van der Waals surface area contributed by atoms with Gasteiger partial charge < -0.3 is 14.6 Å². The van der Waals surface area contributed by atoms with Crippen LogP contribution in [0.15, 0.2) is 35.9 Å². The Bertz CT molecular complexity index is 929. The van der Waals surface area contributed by atoms with Crippen molar-refractivity contribution in [3.63, 3.8) is 0 Å². The molecule has 1 fully saturated rings. The van der Waals surface area contributed by atoms with Crippen LogP contribution in [-0.2, 0) is 14.3 Å². The average molecular weight is 365 g/mol. The summed E-state index contributed by atoms with van der Waals surface area (Å²) in [6, 6.07) is 9.90. The van der Waals surface area contributed by atoms with E-state index in [0.717, 1.165) is 53.6 Å². The van der Waals surface area contributed by atoms with Crippen molar-refractivity contribution >= 4 is 22.3 Å². The molecular weight excluding hydrogens is 342 g/mol. The number of fused-ring (bicyclic) bond motifs is 4. The van der Waals surface area contributed by atoms with Crippen molar-refractivity contribution in [3.05, 3.63) is 47.2 Å². The quantitative estimate of drug-likeness (QED) is 0.901. The van der Waals surface area contributed by atoms with E-state index >= 15 is 0 Å². The SMILES string of the molecule is O=C1CC2CC(O)c3cc4ccccc4nc3C2=C1COC1CCCCO1. The normalized spacial score (nSPS) is 27.7. The van der Waals surface area contributed by atoms with Crippen molar-refractivity contribution in [2.75, 3.05) is 13.2 Å². The number of pyridine rings is 1. The Hall–Kier alpha value is -2.08. The van der Waals surface area contributed by atoms with Crippen molar-refractivity contribution in [2.45, 2.75) is 44.5 Å². The first kappa shape index (κ1) is 17.0. The third-order valence-electron chi connectivity index (χ3n) is 5.93. The molecule has 5 nitrogen and oxygen atoms in total. The maximum absolute atomic E-state index is 12.7. The smallest absolute Gasteiger partial charge is 0.162 e. The highest BCUT2D eigenvalue weighted by atomic mass is 16.7. The van der Waals surface area contributed by atoms with Crippen molar-refractivity contribution in [1.82, 2.24) is 4.98 Å². The van der Waals surface area contributed by atoms with E-state index in [-0.39, 0.29) is 24.6 Å². The number of Topliss-reactive ketones (excluding diaryl/α,β-unsaturated/α-hetero) is 1. The number of ether oxygens (including phenoxy) is 2. The van der Waals surface area contributed by atoms with Crippen LogP contribution in [0.25, 0.3) is 16.5 Å². The third kappa shape index (κ3) is 3.00. The number of ketones is 1. The molecule has 140 valence electrons. The second kappa shape index (κ2) is 6.82. The molecule has 2 aromatic rings. The van der Waals surface area contributed by atoms with Crippen LogP contribution in [0.4, 0.5) is 0 Å². The molecule has 0 amide bonds. The number of carbonyl (C=O) groups excluding carboxylic acids is 1. The summed E-state index contributed by atoms with van der Waals surface area (Å²) in [5.74, 6) is 0.139. The lowest BCUT2D eigenvalue weighted by Crippen LogP contribution is -2.24. The summed E-state index contributed by atoms with van der Waals surface area (Å²) in [6.45, 7) is 0.981. The van der Waals surface area contributed by atoms with Gasteiger partial charge in [-0.25, -0.2) is 4.98 Å². The summed E-state index contributed by atoms with van der Waals surface area (Å²) in [7, 11) is 0. The standard InChI is InChI=1S/C22H23NO4/c24-18-10-14-11-19(25)16(12-27-20-7-3-4-8-26-20)21(14)22-15(18)9-13-5-1-2-6-17(13)23-22/h1-2,5-6,9,14,18,20,24H,3-4,7-8,10-12H2. The molecule has 1 aromatic heterocycles. The van der Waals surface area contributed by atoms with E-state index < -0.39 is 6.10 Å². The maximum atomic E-state index is 12.7. The Morgan fingerprint density at radius 2 is 2.15 bits per heavy atom. The van der Waals surface area contributed by atoms with Gasteiger partial charge in [-0.05, 0) is 49.3 Å². The van der Waals surface area contributed by atoms with Crippen molar-refractivity contribution in [1.29, 1.82) is 0 Å². The Balaban J connectivity index is 1.55. The highest BCUT2D eigenvalue weighted by molar-refractivity contribution is 6.08. The maximum Gasteiger partial charge on any atom is 0.162 e. The van der Waals surface area contributed by atoms with Gasteiger partial charge in [0.05, 0.1) is 23.9 Å². The van der Waals surface area contributed by atoms with Gasteiger partial charge in [0.25, 0.3) is 0 Å². The van der Waals surface area contributed by atoms with Crippen LogP contribution < -0.4 is 0 Å². The van der Waals surface area contributed by atoms with Crippen LogP contribution in [-0.4, -0.2) is 35.4 Å². The Morgan fingerprint density at radius 3 is 3.00 bits per heavy atom. The van der Waals surface area contributed by atoms with Crippen LogP contribution in [0.1, 0.15) is 49.5 Å². The summed E-state index contributed by atoms with van der Waals surface area (Å²) in [5, 5.41) is 11.7.